The molecule has 1 aromatic rings. The smallest absolute Gasteiger partial charge is 0.395 e. The highest BCUT2D eigenvalue weighted by Gasteiger charge is 2.33. The molecule has 0 radical (unpaired) electrons. The molecule has 0 spiro atoms. The van der Waals surface area contributed by atoms with E-state index < -0.39 is 31.8 Å². The lowest BCUT2D eigenvalue weighted by Crippen LogP contribution is -2.40. The number of halogens is 4. The molecule has 0 aliphatic carbocycles. The fourth-order valence-corrected chi connectivity index (χ4v) is 1.92. The van der Waals surface area contributed by atoms with Crippen LogP contribution < -0.4 is 0 Å². The third-order valence-electron chi connectivity index (χ3n) is 2.68. The van der Waals surface area contributed by atoms with E-state index in [1.807, 2.05) is 13.8 Å². The van der Waals surface area contributed by atoms with Gasteiger partial charge in [0.25, 0.3) is 5.91 Å². The molecule has 0 saturated heterocycles. The zero-order valence-corrected chi connectivity index (χ0v) is 12.4. The van der Waals surface area contributed by atoms with Crippen molar-refractivity contribution >= 4 is 17.5 Å². The molecule has 0 saturated carbocycles. The number of hydrogen-bond donors (Lipinski definition) is 1. The molecule has 0 aliphatic heterocycles. The highest BCUT2D eigenvalue weighted by molar-refractivity contribution is 6.29. The Morgan fingerprint density at radius 1 is 1.43 bits per heavy atom. The maximum absolute atomic E-state index is 12.5. The third-order valence-corrected chi connectivity index (χ3v) is 2.87. The van der Waals surface area contributed by atoms with Gasteiger partial charge in [0.2, 0.25) is 0 Å². The molecule has 1 N–H and O–H groups in total. The van der Waals surface area contributed by atoms with Gasteiger partial charge >= 0.3 is 6.18 Å². The van der Waals surface area contributed by atoms with E-state index in [1.165, 1.54) is 12.1 Å². The van der Waals surface area contributed by atoms with Gasteiger partial charge in [0.1, 0.15) is 11.7 Å². The van der Waals surface area contributed by atoms with Gasteiger partial charge in [-0.3, -0.25) is 4.79 Å². The number of rotatable bonds is 5. The molecule has 1 aromatic heterocycles. The Labute approximate surface area is 125 Å². The Kier molecular flexibility index (Phi) is 5.98. The minimum atomic E-state index is -4.54. The molecule has 0 aromatic carbocycles. The number of alkyl halides is 3. The van der Waals surface area contributed by atoms with Gasteiger partial charge in [0, 0.05) is 17.8 Å². The van der Waals surface area contributed by atoms with Crippen LogP contribution in [0.1, 0.15) is 35.8 Å². The van der Waals surface area contributed by atoms with E-state index in [-0.39, 0.29) is 16.6 Å². The number of aromatic nitrogens is 1. The number of nitrogens with zero attached hydrogens (tertiary/aromatic N) is 2. The SMILES string of the molecule is CC(C)c1cc(C(=O)N(CCO)CC(F)(F)F)cc(Cl)n1. The molecule has 118 valence electrons. The Balaban J connectivity index is 3.08. The van der Waals surface area contributed by atoms with Crippen LogP contribution in [0, 0.1) is 0 Å². The van der Waals surface area contributed by atoms with E-state index in [9.17, 15) is 18.0 Å². The third kappa shape index (κ3) is 5.51. The lowest BCUT2D eigenvalue weighted by Gasteiger charge is -2.23. The molecule has 0 atom stereocenters. The largest absolute Gasteiger partial charge is 0.406 e. The summed E-state index contributed by atoms with van der Waals surface area (Å²) in [4.78, 5) is 16.7. The van der Waals surface area contributed by atoms with E-state index in [4.69, 9.17) is 16.7 Å². The molecule has 4 nitrogen and oxygen atoms in total. The van der Waals surface area contributed by atoms with Crippen molar-refractivity contribution in [2.45, 2.75) is 25.9 Å². The summed E-state index contributed by atoms with van der Waals surface area (Å²) in [5.74, 6) is -0.864. The van der Waals surface area contributed by atoms with Crippen LogP contribution in [-0.4, -0.2) is 46.8 Å². The Hall–Kier alpha value is -1.34. The molecule has 0 bridgehead atoms. The van der Waals surface area contributed by atoms with Crippen molar-refractivity contribution < 1.29 is 23.1 Å². The van der Waals surface area contributed by atoms with E-state index in [0.29, 0.717) is 10.6 Å². The van der Waals surface area contributed by atoms with Gasteiger partial charge in [0.15, 0.2) is 0 Å². The number of carbonyl (C=O) groups is 1. The summed E-state index contributed by atoms with van der Waals surface area (Å²) in [6.07, 6.45) is -4.54. The molecule has 0 aliphatic rings. The first-order valence-corrected chi connectivity index (χ1v) is 6.66. The minimum Gasteiger partial charge on any atom is -0.395 e. The molecular formula is C13H16ClF3N2O2. The molecule has 1 rings (SSSR count). The summed E-state index contributed by atoms with van der Waals surface area (Å²) < 4.78 is 37.4. The quantitative estimate of drug-likeness (QED) is 0.847. The minimum absolute atomic E-state index is 0.0239. The van der Waals surface area contributed by atoms with Gasteiger partial charge in [-0.05, 0) is 18.1 Å². The van der Waals surface area contributed by atoms with Crippen LogP contribution in [0.15, 0.2) is 12.1 Å². The maximum atomic E-state index is 12.5. The first kappa shape index (κ1) is 17.7. The van der Waals surface area contributed by atoms with Crippen LogP contribution in [0.3, 0.4) is 0 Å². The summed E-state index contributed by atoms with van der Waals surface area (Å²) in [5.41, 5.74) is 0.540. The summed E-state index contributed by atoms with van der Waals surface area (Å²) in [7, 11) is 0. The fourth-order valence-electron chi connectivity index (χ4n) is 1.71. The second-order valence-corrected chi connectivity index (χ2v) is 5.21. The van der Waals surface area contributed by atoms with Crippen LogP contribution >= 0.6 is 11.6 Å². The highest BCUT2D eigenvalue weighted by Crippen LogP contribution is 2.21. The van der Waals surface area contributed by atoms with Gasteiger partial charge in [-0.1, -0.05) is 25.4 Å². The van der Waals surface area contributed by atoms with Crippen molar-refractivity contribution in [3.63, 3.8) is 0 Å². The number of pyridine rings is 1. The van der Waals surface area contributed by atoms with Crippen LogP contribution in [-0.2, 0) is 0 Å². The van der Waals surface area contributed by atoms with Crippen molar-refractivity contribution in [3.05, 3.63) is 28.5 Å². The van der Waals surface area contributed by atoms with Crippen LogP contribution in [0.4, 0.5) is 13.2 Å². The topological polar surface area (TPSA) is 53.4 Å². The number of carbonyl (C=O) groups excluding carboxylic acids is 1. The lowest BCUT2D eigenvalue weighted by molar-refractivity contribution is -0.141. The average molecular weight is 325 g/mol. The van der Waals surface area contributed by atoms with Crippen molar-refractivity contribution in [2.75, 3.05) is 19.7 Å². The van der Waals surface area contributed by atoms with Gasteiger partial charge in [-0.2, -0.15) is 13.2 Å². The van der Waals surface area contributed by atoms with E-state index in [2.05, 4.69) is 4.98 Å². The Morgan fingerprint density at radius 3 is 2.52 bits per heavy atom. The van der Waals surface area contributed by atoms with E-state index in [0.717, 1.165) is 0 Å². The summed E-state index contributed by atoms with van der Waals surface area (Å²) in [6, 6.07) is 2.64. The maximum Gasteiger partial charge on any atom is 0.406 e. The van der Waals surface area contributed by atoms with Crippen molar-refractivity contribution in [1.82, 2.24) is 9.88 Å². The summed E-state index contributed by atoms with van der Waals surface area (Å²) in [6.45, 7) is 1.26. The molecule has 1 amide bonds. The Morgan fingerprint density at radius 2 is 2.05 bits per heavy atom. The zero-order valence-electron chi connectivity index (χ0n) is 11.6. The standard InChI is InChI=1S/C13H16ClF3N2O2/c1-8(2)10-5-9(6-11(14)18-10)12(21)19(3-4-20)7-13(15,16)17/h5-6,8,20H,3-4,7H2,1-2H3. The number of aliphatic hydroxyl groups is 1. The highest BCUT2D eigenvalue weighted by atomic mass is 35.5. The molecule has 8 heteroatoms. The van der Waals surface area contributed by atoms with Crippen LogP contribution in [0.5, 0.6) is 0 Å². The van der Waals surface area contributed by atoms with Crippen LogP contribution in [0.2, 0.25) is 5.15 Å². The second kappa shape index (κ2) is 7.09. The predicted octanol–water partition coefficient (Wildman–Crippen LogP) is 2.86. The predicted molar refractivity (Wildman–Crippen MR) is 72.4 cm³/mol. The van der Waals surface area contributed by atoms with Gasteiger partial charge in [-0.25, -0.2) is 4.98 Å². The van der Waals surface area contributed by atoms with Gasteiger partial charge < -0.3 is 10.0 Å². The second-order valence-electron chi connectivity index (χ2n) is 4.82. The fraction of sp³-hybridized carbons (Fsp3) is 0.538. The first-order valence-electron chi connectivity index (χ1n) is 6.28. The number of hydrogen-bond acceptors (Lipinski definition) is 3. The number of aliphatic hydroxyl groups excluding tert-OH is 1. The van der Waals surface area contributed by atoms with Crippen molar-refractivity contribution in [2.24, 2.45) is 0 Å². The molecular weight excluding hydrogens is 309 g/mol. The lowest BCUT2D eigenvalue weighted by atomic mass is 10.1. The van der Waals surface area contributed by atoms with E-state index >= 15 is 0 Å². The van der Waals surface area contributed by atoms with Gasteiger partial charge in [0.05, 0.1) is 6.61 Å². The molecule has 0 fully saturated rings. The normalized spacial score (nSPS) is 11.8. The van der Waals surface area contributed by atoms with Crippen LogP contribution in [0.25, 0.3) is 0 Å². The van der Waals surface area contributed by atoms with Crippen molar-refractivity contribution in [1.29, 1.82) is 0 Å². The number of amides is 1. The molecule has 1 heterocycles. The van der Waals surface area contributed by atoms with E-state index in [1.54, 1.807) is 0 Å². The zero-order chi connectivity index (χ0) is 16.2. The monoisotopic (exact) mass is 324 g/mol. The van der Waals surface area contributed by atoms with Crippen molar-refractivity contribution in [3.8, 4) is 0 Å². The van der Waals surface area contributed by atoms with Gasteiger partial charge in [-0.15, -0.1) is 0 Å². The molecule has 0 unspecified atom stereocenters. The average Bonchev–Trinajstić information content (AvgIpc) is 2.35. The summed E-state index contributed by atoms with van der Waals surface area (Å²) >= 11 is 5.80. The first-order chi connectivity index (χ1) is 9.64. The Bertz CT molecular complexity index is 507. The summed E-state index contributed by atoms with van der Waals surface area (Å²) in [5, 5.41) is 8.87. The molecule has 21 heavy (non-hydrogen) atoms.